The Bertz CT molecular complexity index is 85.3. The van der Waals surface area contributed by atoms with E-state index in [2.05, 4.69) is 18.4 Å². The summed E-state index contributed by atoms with van der Waals surface area (Å²) in [6.45, 7) is 13.7. The Labute approximate surface area is 64.2 Å². The summed E-state index contributed by atoms with van der Waals surface area (Å²) in [5, 5.41) is 5.50. The molecule has 10 heavy (non-hydrogen) atoms. The van der Waals surface area contributed by atoms with E-state index in [0.717, 1.165) is 5.70 Å². The van der Waals surface area contributed by atoms with E-state index >= 15 is 0 Å². The van der Waals surface area contributed by atoms with Crippen LogP contribution in [0.4, 0.5) is 0 Å². The third-order valence-corrected chi connectivity index (χ3v) is 0.667. The molecule has 0 atom stereocenters. The first kappa shape index (κ1) is 16.0. The van der Waals surface area contributed by atoms with E-state index in [1.54, 1.807) is 0 Å². The number of allylic oxidation sites excluding steroid dienone is 2. The van der Waals surface area contributed by atoms with E-state index in [1.807, 2.05) is 33.8 Å². The van der Waals surface area contributed by atoms with Crippen molar-refractivity contribution in [2.75, 3.05) is 0 Å². The molecule has 60 valence electrons. The Kier molecular flexibility index (Phi) is 39.0. The van der Waals surface area contributed by atoms with Gasteiger partial charge in [-0.2, -0.15) is 0 Å². The summed E-state index contributed by atoms with van der Waals surface area (Å²) >= 11 is 0. The highest BCUT2D eigenvalue weighted by Gasteiger charge is 1.67. The number of hydrogen-bond acceptors (Lipinski definition) is 2. The predicted molar refractivity (Wildman–Crippen MR) is 50.2 cm³/mol. The van der Waals surface area contributed by atoms with Crippen LogP contribution in [0.1, 0.15) is 27.7 Å². The van der Waals surface area contributed by atoms with Crippen LogP contribution in [0.2, 0.25) is 0 Å². The van der Waals surface area contributed by atoms with Crippen LogP contribution in [-0.2, 0) is 0 Å². The van der Waals surface area contributed by atoms with Crippen molar-refractivity contribution in [2.45, 2.75) is 27.7 Å². The topological polar surface area (TPSA) is 36.2 Å². The van der Waals surface area contributed by atoms with E-state index in [4.69, 9.17) is 5.41 Å². The lowest BCUT2D eigenvalue weighted by atomic mass is 10.5. The monoisotopic (exact) mass is 142 g/mol. The molecule has 0 radical (unpaired) electrons. The van der Waals surface area contributed by atoms with Crippen LogP contribution in [0.3, 0.4) is 0 Å². The zero-order valence-electron chi connectivity index (χ0n) is 7.44. The second-order valence-electron chi connectivity index (χ2n) is 1.09. The molecule has 0 aromatic rings. The minimum absolute atomic E-state index is 0.981. The molecule has 2 heteroatoms. The van der Waals surface area contributed by atoms with Crippen LogP contribution in [0.15, 0.2) is 16.8 Å². The van der Waals surface area contributed by atoms with E-state index in [9.17, 15) is 0 Å². The molecule has 0 heterocycles. The van der Waals surface area contributed by atoms with Crippen molar-refractivity contribution in [3.63, 3.8) is 0 Å². The van der Waals surface area contributed by atoms with E-state index < -0.39 is 0 Å². The summed E-state index contributed by atoms with van der Waals surface area (Å²) < 4.78 is 0. The Hall–Kier alpha value is -0.920. The van der Waals surface area contributed by atoms with Crippen LogP contribution in [0, 0.1) is 5.41 Å². The lowest BCUT2D eigenvalue weighted by molar-refractivity contribution is 1.30. The fourth-order valence-corrected chi connectivity index (χ4v) is 0.0913. The zero-order chi connectivity index (χ0) is 8.99. The Morgan fingerprint density at radius 1 is 1.40 bits per heavy atom. The van der Waals surface area contributed by atoms with E-state index in [1.165, 1.54) is 0 Å². The fraction of sp³-hybridized carbons (Fsp3) is 0.500. The van der Waals surface area contributed by atoms with Crippen LogP contribution >= 0.6 is 0 Å². The molecule has 0 saturated heterocycles. The van der Waals surface area contributed by atoms with Crippen molar-refractivity contribution in [1.29, 1.82) is 5.41 Å². The van der Waals surface area contributed by atoms with Crippen molar-refractivity contribution in [3.8, 4) is 0 Å². The average Bonchev–Trinajstić information content (AvgIpc) is 2.10. The van der Waals surface area contributed by atoms with Crippen molar-refractivity contribution in [1.82, 2.24) is 0 Å². The number of rotatable bonds is 1. The number of hydrogen-bond donors (Lipinski definition) is 1. The highest BCUT2D eigenvalue weighted by molar-refractivity contribution is 5.27. The van der Waals surface area contributed by atoms with Crippen LogP contribution in [0.5, 0.6) is 0 Å². The predicted octanol–water partition coefficient (Wildman–Crippen LogP) is 2.90. The minimum Gasteiger partial charge on any atom is -0.317 e. The molecule has 0 aliphatic carbocycles. The van der Waals surface area contributed by atoms with E-state index in [-0.39, 0.29) is 0 Å². The summed E-state index contributed by atoms with van der Waals surface area (Å²) in [7, 11) is 0. The van der Waals surface area contributed by atoms with Crippen molar-refractivity contribution < 1.29 is 0 Å². The van der Waals surface area contributed by atoms with Crippen molar-refractivity contribution >= 4 is 13.4 Å². The maximum absolute atomic E-state index is 5.50. The van der Waals surface area contributed by atoms with Gasteiger partial charge in [0.25, 0.3) is 0 Å². The van der Waals surface area contributed by atoms with Gasteiger partial charge in [0.15, 0.2) is 0 Å². The third kappa shape index (κ3) is 27.6. The molecule has 0 amide bonds. The van der Waals surface area contributed by atoms with Gasteiger partial charge in [0.05, 0.1) is 0 Å². The Morgan fingerprint density at radius 2 is 1.70 bits per heavy atom. The van der Waals surface area contributed by atoms with Crippen molar-refractivity contribution in [3.05, 3.63) is 11.8 Å². The summed E-state index contributed by atoms with van der Waals surface area (Å²) in [5.74, 6) is 0. The maximum atomic E-state index is 5.50. The molecule has 0 spiro atoms. The zero-order valence-corrected chi connectivity index (χ0v) is 7.44. The van der Waals surface area contributed by atoms with Gasteiger partial charge >= 0.3 is 0 Å². The van der Waals surface area contributed by atoms with Crippen LogP contribution < -0.4 is 0 Å². The molecule has 0 saturated carbocycles. The van der Waals surface area contributed by atoms with Gasteiger partial charge in [-0.1, -0.05) is 19.9 Å². The first-order valence-corrected chi connectivity index (χ1v) is 3.26. The first-order chi connectivity index (χ1) is 4.81. The highest BCUT2D eigenvalue weighted by atomic mass is 14.7. The number of aliphatic imine (C=N–C) groups is 1. The maximum Gasteiger partial charge on any atom is 0.0322 e. The summed E-state index contributed by atoms with van der Waals surface area (Å²) in [4.78, 5) is 3.62. The molecule has 0 aliphatic heterocycles. The first-order valence-electron chi connectivity index (χ1n) is 3.26. The van der Waals surface area contributed by atoms with Gasteiger partial charge in [0.1, 0.15) is 0 Å². The molecule has 1 N–H and O–H groups in total. The van der Waals surface area contributed by atoms with Gasteiger partial charge in [0.2, 0.25) is 0 Å². The summed E-state index contributed by atoms with van der Waals surface area (Å²) in [5.41, 5.74) is 0.981. The van der Waals surface area contributed by atoms with Crippen LogP contribution in [0.25, 0.3) is 0 Å². The lowest BCUT2D eigenvalue weighted by Gasteiger charge is -1.78. The SMILES string of the molecule is C=N.C=N/C(C)=C\C.CC. The second-order valence-corrected chi connectivity index (χ2v) is 1.09. The Morgan fingerprint density at radius 3 is 1.70 bits per heavy atom. The van der Waals surface area contributed by atoms with Gasteiger partial charge in [-0.05, 0) is 27.3 Å². The lowest BCUT2D eigenvalue weighted by Crippen LogP contribution is -1.58. The highest BCUT2D eigenvalue weighted by Crippen LogP contribution is 1.87. The normalized spacial score (nSPS) is 7.80. The summed E-state index contributed by atoms with van der Waals surface area (Å²) in [6.07, 6.45) is 1.91. The summed E-state index contributed by atoms with van der Waals surface area (Å²) in [6, 6.07) is 0. The second kappa shape index (κ2) is 24.3. The molecular formula is C8H18N2. The minimum atomic E-state index is 0.981. The Balaban J connectivity index is -0.000000105. The van der Waals surface area contributed by atoms with Gasteiger partial charge < -0.3 is 5.41 Å². The van der Waals surface area contributed by atoms with Gasteiger partial charge in [-0.25, -0.2) is 0 Å². The smallest absolute Gasteiger partial charge is 0.0322 e. The van der Waals surface area contributed by atoms with Crippen molar-refractivity contribution in [2.24, 2.45) is 4.99 Å². The van der Waals surface area contributed by atoms with Gasteiger partial charge in [-0.15, -0.1) is 0 Å². The molecule has 0 aromatic carbocycles. The molecule has 0 aliphatic rings. The van der Waals surface area contributed by atoms with E-state index in [0.29, 0.717) is 0 Å². The standard InChI is InChI=1S/C5H9N.C2H6.CH3N/c1-4-5(2)6-3;2*1-2/h4H,3H2,1-2H3;1-2H3;2H,1H2/b5-4-;;. The molecule has 0 unspecified atom stereocenters. The fourth-order valence-electron chi connectivity index (χ4n) is 0.0913. The molecular weight excluding hydrogens is 124 g/mol. The molecule has 0 aromatic heterocycles. The third-order valence-electron chi connectivity index (χ3n) is 0.667. The average molecular weight is 142 g/mol. The van der Waals surface area contributed by atoms with Gasteiger partial charge in [-0.3, -0.25) is 4.99 Å². The van der Waals surface area contributed by atoms with Crippen LogP contribution in [-0.4, -0.2) is 13.4 Å². The molecule has 0 fully saturated rings. The largest absolute Gasteiger partial charge is 0.317 e. The molecule has 0 bridgehead atoms. The van der Waals surface area contributed by atoms with Gasteiger partial charge in [0, 0.05) is 5.70 Å². The number of nitrogens with zero attached hydrogens (tertiary/aromatic N) is 1. The number of nitrogens with one attached hydrogen (secondary N) is 1. The molecule has 2 nitrogen and oxygen atoms in total. The quantitative estimate of drug-likeness (QED) is 0.546. The molecule has 0 rings (SSSR count).